The van der Waals surface area contributed by atoms with E-state index in [-0.39, 0.29) is 6.61 Å². The number of benzene rings is 5. The highest BCUT2D eigenvalue weighted by molar-refractivity contribution is 6.31. The Morgan fingerprint density at radius 3 is 2.06 bits per heavy atom. The minimum absolute atomic E-state index is 0.131. The van der Waals surface area contributed by atoms with E-state index in [0.29, 0.717) is 23.2 Å². The number of rotatable bonds is 12. The zero-order valence-electron chi connectivity index (χ0n) is 27.3. The van der Waals surface area contributed by atoms with E-state index in [1.165, 1.54) is 0 Å². The zero-order valence-corrected chi connectivity index (χ0v) is 28.1. The molecule has 8 heteroatoms. The van der Waals surface area contributed by atoms with Crippen molar-refractivity contribution in [3.05, 3.63) is 178 Å². The predicted molar refractivity (Wildman–Crippen MR) is 194 cm³/mol. The largest absolute Gasteiger partial charge is 0.388 e. The van der Waals surface area contributed by atoms with Gasteiger partial charge in [0.05, 0.1) is 0 Å². The van der Waals surface area contributed by atoms with Gasteiger partial charge in [0.2, 0.25) is 0 Å². The first-order valence-electron chi connectivity index (χ1n) is 16.6. The molecule has 5 aromatic carbocycles. The van der Waals surface area contributed by atoms with Crippen molar-refractivity contribution in [3.8, 4) is 22.5 Å². The molecule has 7 aromatic rings. The molecule has 244 valence electrons. The van der Waals surface area contributed by atoms with Gasteiger partial charge in [0, 0.05) is 34.6 Å². The molecule has 0 spiro atoms. The third kappa shape index (κ3) is 6.07. The van der Waals surface area contributed by atoms with Crippen LogP contribution in [0.2, 0.25) is 5.02 Å². The maximum atomic E-state index is 10.2. The number of hydrogen-bond donors (Lipinski definition) is 1. The van der Waals surface area contributed by atoms with Crippen LogP contribution in [0, 0.1) is 0 Å². The minimum Gasteiger partial charge on any atom is -0.388 e. The van der Waals surface area contributed by atoms with Crippen molar-refractivity contribution in [3.63, 3.8) is 0 Å². The number of halogens is 1. The van der Waals surface area contributed by atoms with Gasteiger partial charge in [-0.25, -0.2) is 9.67 Å². The van der Waals surface area contributed by atoms with Crippen LogP contribution in [0.25, 0.3) is 22.5 Å². The van der Waals surface area contributed by atoms with Gasteiger partial charge in [-0.1, -0.05) is 146 Å². The van der Waals surface area contributed by atoms with Crippen LogP contribution in [0.3, 0.4) is 0 Å². The topological polar surface area (TPSA) is 81.7 Å². The molecule has 7 nitrogen and oxygen atoms in total. The summed E-state index contributed by atoms with van der Waals surface area (Å²) in [6.07, 6.45) is 4.91. The second kappa shape index (κ2) is 14.4. The molecule has 0 bridgehead atoms. The van der Waals surface area contributed by atoms with E-state index in [9.17, 15) is 5.11 Å². The van der Waals surface area contributed by atoms with Crippen LogP contribution in [0.4, 0.5) is 0 Å². The van der Waals surface area contributed by atoms with E-state index in [1.807, 2.05) is 83.7 Å². The number of imidazole rings is 1. The molecule has 0 aliphatic heterocycles. The normalized spacial score (nSPS) is 11.6. The van der Waals surface area contributed by atoms with Crippen LogP contribution in [0.1, 0.15) is 53.5 Å². The average molecular weight is 665 g/mol. The molecule has 2 aromatic heterocycles. The van der Waals surface area contributed by atoms with E-state index in [2.05, 4.69) is 82.4 Å². The molecule has 0 saturated carbocycles. The number of hydrogen-bond acceptors (Lipinski definition) is 5. The summed E-state index contributed by atoms with van der Waals surface area (Å²) in [6.45, 7) is 2.60. The summed E-state index contributed by atoms with van der Waals surface area (Å²) < 4.78 is 4.05. The quantitative estimate of drug-likeness (QED) is 0.132. The van der Waals surface area contributed by atoms with Gasteiger partial charge in [-0.2, -0.15) is 0 Å². The number of unbranched alkanes of at least 4 members (excludes halogenated alkanes) is 1. The molecule has 0 aliphatic rings. The number of aryl methyl sites for hydroxylation is 1. The minimum atomic E-state index is -1.02. The summed E-state index contributed by atoms with van der Waals surface area (Å²) in [6, 6.07) is 45.2. The summed E-state index contributed by atoms with van der Waals surface area (Å²) >= 11 is 7.12. The van der Waals surface area contributed by atoms with E-state index in [0.717, 1.165) is 63.9 Å². The van der Waals surface area contributed by atoms with Gasteiger partial charge >= 0.3 is 0 Å². The number of aromatic nitrogens is 6. The van der Waals surface area contributed by atoms with Crippen LogP contribution < -0.4 is 0 Å². The first-order valence-corrected chi connectivity index (χ1v) is 17.0. The molecule has 0 saturated heterocycles. The maximum absolute atomic E-state index is 10.2. The summed E-state index contributed by atoms with van der Waals surface area (Å²) in [7, 11) is 0. The molecule has 49 heavy (non-hydrogen) atoms. The SMILES string of the molecule is CCCCc1cnc(CO)n1Cc1ccc(-c2ccccc2)c(-c2nnnn2C(c2ccccc2)(c2ccccc2)c2ccccc2Cl)c1. The Balaban J connectivity index is 1.50. The lowest BCUT2D eigenvalue weighted by Gasteiger charge is -2.37. The van der Waals surface area contributed by atoms with E-state index in [1.54, 1.807) is 0 Å². The molecule has 0 aliphatic carbocycles. The van der Waals surface area contributed by atoms with Gasteiger partial charge < -0.3 is 9.67 Å². The fourth-order valence-electron chi connectivity index (χ4n) is 6.79. The predicted octanol–water partition coefficient (Wildman–Crippen LogP) is 8.58. The zero-order chi connectivity index (χ0) is 33.6. The highest BCUT2D eigenvalue weighted by Crippen LogP contribution is 2.45. The summed E-state index contributed by atoms with van der Waals surface area (Å²) in [4.78, 5) is 4.54. The Morgan fingerprint density at radius 1 is 0.755 bits per heavy atom. The molecule has 0 radical (unpaired) electrons. The maximum Gasteiger partial charge on any atom is 0.184 e. The average Bonchev–Trinajstić information content (AvgIpc) is 3.80. The standard InChI is InChI=1S/C41H37ClN6O/c1-2-3-21-34-27-43-39(29-49)47(34)28-30-24-25-35(31-15-7-4-8-16-31)36(26-30)40-44-45-46-48(40)41(32-17-9-5-10-18-32,33-19-11-6-12-20-33)37-22-13-14-23-38(37)42/h4-20,22-27,49H,2-3,21,28-29H2,1H3. The van der Waals surface area contributed by atoms with Crippen molar-refractivity contribution in [1.29, 1.82) is 0 Å². The van der Waals surface area contributed by atoms with Gasteiger partial charge in [0.15, 0.2) is 5.82 Å². The monoisotopic (exact) mass is 664 g/mol. The Kier molecular flexibility index (Phi) is 9.46. The highest BCUT2D eigenvalue weighted by Gasteiger charge is 2.43. The van der Waals surface area contributed by atoms with Crippen LogP contribution in [-0.2, 0) is 25.1 Å². The first-order chi connectivity index (χ1) is 24.1. The molecule has 0 atom stereocenters. The Labute approximate surface area is 291 Å². The summed E-state index contributed by atoms with van der Waals surface area (Å²) in [5.74, 6) is 1.24. The van der Waals surface area contributed by atoms with Crippen molar-refractivity contribution in [1.82, 2.24) is 29.8 Å². The van der Waals surface area contributed by atoms with Gasteiger partial charge in [-0.05, 0) is 63.2 Å². The van der Waals surface area contributed by atoms with Gasteiger partial charge in [0.1, 0.15) is 18.0 Å². The molecule has 0 unspecified atom stereocenters. The lowest BCUT2D eigenvalue weighted by molar-refractivity contribution is 0.265. The third-order valence-corrected chi connectivity index (χ3v) is 9.46. The second-order valence-corrected chi connectivity index (χ2v) is 12.5. The van der Waals surface area contributed by atoms with Crippen LogP contribution in [0.5, 0.6) is 0 Å². The smallest absolute Gasteiger partial charge is 0.184 e. The van der Waals surface area contributed by atoms with Crippen LogP contribution in [-0.4, -0.2) is 34.9 Å². The van der Waals surface area contributed by atoms with Gasteiger partial charge in [-0.3, -0.25) is 0 Å². The fraction of sp³-hybridized carbons (Fsp3) is 0.171. The molecule has 2 heterocycles. The first kappa shape index (κ1) is 32.2. The van der Waals surface area contributed by atoms with Gasteiger partial charge in [-0.15, -0.1) is 5.10 Å². The van der Waals surface area contributed by atoms with Crippen molar-refractivity contribution in [2.45, 2.75) is 44.9 Å². The van der Waals surface area contributed by atoms with Crippen molar-refractivity contribution < 1.29 is 5.11 Å². The third-order valence-electron chi connectivity index (χ3n) is 9.13. The lowest BCUT2D eigenvalue weighted by Crippen LogP contribution is -2.39. The van der Waals surface area contributed by atoms with Crippen LogP contribution in [0.15, 0.2) is 140 Å². The van der Waals surface area contributed by atoms with E-state index in [4.69, 9.17) is 21.9 Å². The molecular formula is C41H37ClN6O. The second-order valence-electron chi connectivity index (χ2n) is 12.1. The molecule has 7 rings (SSSR count). The number of aliphatic hydroxyl groups is 1. The van der Waals surface area contributed by atoms with Gasteiger partial charge in [0.25, 0.3) is 0 Å². The number of aliphatic hydroxyl groups excluding tert-OH is 1. The molecular weight excluding hydrogens is 628 g/mol. The summed E-state index contributed by atoms with van der Waals surface area (Å²) in [5.41, 5.74) is 6.82. The molecule has 0 fully saturated rings. The Hall–Kier alpha value is -5.37. The highest BCUT2D eigenvalue weighted by atomic mass is 35.5. The fourth-order valence-corrected chi connectivity index (χ4v) is 7.06. The van der Waals surface area contributed by atoms with E-state index < -0.39 is 5.54 Å². The Bertz CT molecular complexity index is 2100. The van der Waals surface area contributed by atoms with Crippen molar-refractivity contribution in [2.24, 2.45) is 0 Å². The Morgan fingerprint density at radius 2 is 1.41 bits per heavy atom. The van der Waals surface area contributed by atoms with Crippen LogP contribution >= 0.6 is 11.6 Å². The molecule has 0 amide bonds. The number of nitrogens with zero attached hydrogens (tertiary/aromatic N) is 6. The van der Waals surface area contributed by atoms with E-state index >= 15 is 0 Å². The van der Waals surface area contributed by atoms with Crippen molar-refractivity contribution >= 4 is 11.6 Å². The summed E-state index contributed by atoms with van der Waals surface area (Å²) in [5, 5.41) is 24.7. The number of tetrazole rings is 1. The van der Waals surface area contributed by atoms with Crippen molar-refractivity contribution in [2.75, 3.05) is 0 Å². The molecule has 1 N–H and O–H groups in total. The lowest BCUT2D eigenvalue weighted by atomic mass is 9.76.